The van der Waals surface area contributed by atoms with Crippen molar-refractivity contribution >= 4 is 16.9 Å². The summed E-state index contributed by atoms with van der Waals surface area (Å²) in [5.41, 5.74) is 5.75. The van der Waals surface area contributed by atoms with Crippen LogP contribution in [0.3, 0.4) is 0 Å². The second-order valence-corrected chi connectivity index (χ2v) is 5.06. The van der Waals surface area contributed by atoms with E-state index in [9.17, 15) is 4.79 Å². The number of nitrogens with one attached hydrogen (secondary N) is 1. The van der Waals surface area contributed by atoms with Crippen LogP contribution in [-0.4, -0.2) is 33.3 Å². The molecule has 5 nitrogen and oxygen atoms in total. The Labute approximate surface area is 115 Å². The molecule has 3 aromatic rings. The average Bonchev–Trinajstić information content (AvgIpc) is 3.03. The van der Waals surface area contributed by atoms with E-state index in [0.717, 1.165) is 33.3 Å². The van der Waals surface area contributed by atoms with Crippen molar-refractivity contribution in [1.82, 2.24) is 20.3 Å². The number of rotatable bonds is 1. The summed E-state index contributed by atoms with van der Waals surface area (Å²) >= 11 is 0. The third kappa shape index (κ3) is 1.53. The van der Waals surface area contributed by atoms with Crippen molar-refractivity contribution in [3.8, 4) is 11.1 Å². The summed E-state index contributed by atoms with van der Waals surface area (Å²) in [6.45, 7) is 0.675. The minimum Gasteiger partial charge on any atom is -0.337 e. The fraction of sp³-hybridized carbons (Fsp3) is 0.133. The van der Waals surface area contributed by atoms with Gasteiger partial charge in [-0.05, 0) is 41.0 Å². The van der Waals surface area contributed by atoms with E-state index in [4.69, 9.17) is 0 Å². The zero-order valence-electron chi connectivity index (χ0n) is 10.9. The van der Waals surface area contributed by atoms with Crippen LogP contribution in [0.5, 0.6) is 0 Å². The van der Waals surface area contributed by atoms with Gasteiger partial charge in [0.15, 0.2) is 0 Å². The molecule has 1 aliphatic heterocycles. The lowest BCUT2D eigenvalue weighted by Gasteiger charge is -2.04. The molecule has 0 saturated heterocycles. The summed E-state index contributed by atoms with van der Waals surface area (Å²) in [6, 6.07) is 11.9. The van der Waals surface area contributed by atoms with Crippen molar-refractivity contribution in [3.05, 3.63) is 47.5 Å². The van der Waals surface area contributed by atoms with E-state index in [1.165, 1.54) is 0 Å². The first kappa shape index (κ1) is 11.2. The number of fused-ring (bicyclic) bond motifs is 2. The molecule has 0 aliphatic carbocycles. The predicted molar refractivity (Wildman–Crippen MR) is 75.1 cm³/mol. The second-order valence-electron chi connectivity index (χ2n) is 5.06. The largest absolute Gasteiger partial charge is 0.337 e. The maximum Gasteiger partial charge on any atom is 0.254 e. The van der Waals surface area contributed by atoms with Gasteiger partial charge >= 0.3 is 0 Å². The number of nitrogens with zero attached hydrogens (tertiary/aromatic N) is 3. The van der Waals surface area contributed by atoms with E-state index < -0.39 is 0 Å². The van der Waals surface area contributed by atoms with Gasteiger partial charge in [-0.25, -0.2) is 0 Å². The smallest absolute Gasteiger partial charge is 0.254 e. The molecule has 4 rings (SSSR count). The summed E-state index contributed by atoms with van der Waals surface area (Å²) < 4.78 is 0. The molecule has 1 N–H and O–H groups in total. The molecule has 5 heteroatoms. The van der Waals surface area contributed by atoms with E-state index in [1.54, 1.807) is 4.90 Å². The molecule has 0 spiro atoms. The van der Waals surface area contributed by atoms with Gasteiger partial charge in [-0.15, -0.1) is 0 Å². The van der Waals surface area contributed by atoms with E-state index in [1.807, 2.05) is 37.4 Å². The highest BCUT2D eigenvalue weighted by atomic mass is 16.2. The molecule has 2 aromatic carbocycles. The fourth-order valence-electron chi connectivity index (χ4n) is 2.67. The Hall–Kier alpha value is -2.69. The van der Waals surface area contributed by atoms with Crippen LogP contribution in [0.1, 0.15) is 15.9 Å². The number of aromatic amines is 1. The summed E-state index contributed by atoms with van der Waals surface area (Å²) in [5.74, 6) is 0.0958. The number of hydrogen-bond donors (Lipinski definition) is 1. The Morgan fingerprint density at radius 3 is 2.70 bits per heavy atom. The number of H-pyrrole nitrogens is 1. The zero-order chi connectivity index (χ0) is 13.7. The highest BCUT2D eigenvalue weighted by Gasteiger charge is 2.24. The lowest BCUT2D eigenvalue weighted by Crippen LogP contribution is -2.17. The second kappa shape index (κ2) is 3.90. The Kier molecular flexibility index (Phi) is 2.18. The molecule has 0 atom stereocenters. The molecule has 0 bridgehead atoms. The SMILES string of the molecule is CN1Cc2cc(-c3ccc4n[nH]nc4c3)ccc2C1=O. The summed E-state index contributed by atoms with van der Waals surface area (Å²) in [4.78, 5) is 13.6. The monoisotopic (exact) mass is 264 g/mol. The molecule has 2 heterocycles. The number of benzene rings is 2. The highest BCUT2D eigenvalue weighted by molar-refractivity contribution is 5.98. The molecule has 1 amide bonds. The average molecular weight is 264 g/mol. The van der Waals surface area contributed by atoms with Crippen LogP contribution in [0.2, 0.25) is 0 Å². The normalized spacial score (nSPS) is 14.1. The molecule has 0 unspecified atom stereocenters. The van der Waals surface area contributed by atoms with Crippen molar-refractivity contribution in [2.75, 3.05) is 7.05 Å². The Morgan fingerprint density at radius 2 is 1.80 bits per heavy atom. The summed E-state index contributed by atoms with van der Waals surface area (Å²) in [5, 5.41) is 10.8. The molecule has 0 radical (unpaired) electrons. The van der Waals surface area contributed by atoms with Crippen LogP contribution in [0.15, 0.2) is 36.4 Å². The van der Waals surface area contributed by atoms with Gasteiger partial charge in [0, 0.05) is 19.2 Å². The third-order valence-corrected chi connectivity index (χ3v) is 3.74. The predicted octanol–water partition coefficient (Wildman–Crippen LogP) is 2.21. The van der Waals surface area contributed by atoms with E-state index in [2.05, 4.69) is 21.5 Å². The molecule has 0 fully saturated rings. The number of aromatic nitrogens is 3. The van der Waals surface area contributed by atoms with Crippen LogP contribution < -0.4 is 0 Å². The van der Waals surface area contributed by atoms with Crippen molar-refractivity contribution < 1.29 is 4.79 Å². The van der Waals surface area contributed by atoms with Gasteiger partial charge in [0.05, 0.1) is 0 Å². The van der Waals surface area contributed by atoms with Crippen LogP contribution in [0.25, 0.3) is 22.2 Å². The molecule has 1 aromatic heterocycles. The van der Waals surface area contributed by atoms with Gasteiger partial charge in [-0.3, -0.25) is 4.79 Å². The molecular formula is C15H12N4O. The van der Waals surface area contributed by atoms with Crippen molar-refractivity contribution in [2.24, 2.45) is 0 Å². The fourth-order valence-corrected chi connectivity index (χ4v) is 2.67. The summed E-state index contributed by atoms with van der Waals surface area (Å²) in [7, 11) is 1.82. The first-order valence-electron chi connectivity index (χ1n) is 6.42. The van der Waals surface area contributed by atoms with E-state index in [0.29, 0.717) is 6.54 Å². The van der Waals surface area contributed by atoms with Crippen LogP contribution >= 0.6 is 0 Å². The quantitative estimate of drug-likeness (QED) is 0.733. The van der Waals surface area contributed by atoms with Gasteiger partial charge in [0.2, 0.25) is 0 Å². The van der Waals surface area contributed by atoms with Crippen LogP contribution in [0.4, 0.5) is 0 Å². The number of amides is 1. The third-order valence-electron chi connectivity index (χ3n) is 3.74. The van der Waals surface area contributed by atoms with Gasteiger partial charge < -0.3 is 4.90 Å². The minimum absolute atomic E-state index is 0.0958. The van der Waals surface area contributed by atoms with Gasteiger partial charge in [0.1, 0.15) is 11.0 Å². The van der Waals surface area contributed by atoms with E-state index >= 15 is 0 Å². The van der Waals surface area contributed by atoms with E-state index in [-0.39, 0.29) is 5.91 Å². The van der Waals surface area contributed by atoms with Gasteiger partial charge in [0.25, 0.3) is 5.91 Å². The molecule has 1 aliphatic rings. The number of carbonyl (C=O) groups excluding carboxylic acids is 1. The Bertz CT molecular complexity index is 837. The van der Waals surface area contributed by atoms with Crippen LogP contribution in [-0.2, 0) is 6.54 Å². The topological polar surface area (TPSA) is 61.9 Å². The van der Waals surface area contributed by atoms with Gasteiger partial charge in [-0.2, -0.15) is 15.4 Å². The minimum atomic E-state index is 0.0958. The number of hydrogen-bond acceptors (Lipinski definition) is 3. The number of carbonyl (C=O) groups is 1. The van der Waals surface area contributed by atoms with Crippen LogP contribution in [0, 0.1) is 0 Å². The first-order chi connectivity index (χ1) is 9.72. The Morgan fingerprint density at radius 1 is 1.05 bits per heavy atom. The van der Waals surface area contributed by atoms with Crippen molar-refractivity contribution in [2.45, 2.75) is 6.54 Å². The van der Waals surface area contributed by atoms with Crippen molar-refractivity contribution in [3.63, 3.8) is 0 Å². The lowest BCUT2D eigenvalue weighted by molar-refractivity contribution is 0.0816. The first-order valence-corrected chi connectivity index (χ1v) is 6.42. The molecule has 98 valence electrons. The maximum absolute atomic E-state index is 11.9. The van der Waals surface area contributed by atoms with Gasteiger partial charge in [-0.1, -0.05) is 12.1 Å². The standard InChI is InChI=1S/C15H12N4O/c1-19-8-11-6-9(2-4-12(11)15(19)20)10-3-5-13-14(7-10)17-18-16-13/h2-7H,8H2,1H3,(H,16,17,18). The Balaban J connectivity index is 1.83. The molecule has 20 heavy (non-hydrogen) atoms. The lowest BCUT2D eigenvalue weighted by atomic mass is 10.00. The highest BCUT2D eigenvalue weighted by Crippen LogP contribution is 2.28. The maximum atomic E-state index is 11.9. The summed E-state index contributed by atoms with van der Waals surface area (Å²) in [6.07, 6.45) is 0. The zero-order valence-corrected chi connectivity index (χ0v) is 10.9. The molecular weight excluding hydrogens is 252 g/mol. The van der Waals surface area contributed by atoms with Crippen molar-refractivity contribution in [1.29, 1.82) is 0 Å². The molecule has 0 saturated carbocycles.